The smallest absolute Gasteiger partial charge is 0.335 e. The third kappa shape index (κ3) is 2.01. The molecule has 0 bridgehead atoms. The van der Waals surface area contributed by atoms with E-state index >= 15 is 0 Å². The molecular weight excluding hydrogens is 212 g/mol. The maximum atomic E-state index is 10.6. The van der Waals surface area contributed by atoms with Crippen LogP contribution in [0.5, 0.6) is 0 Å². The van der Waals surface area contributed by atoms with E-state index in [1.54, 1.807) is 36.0 Å². The SMILES string of the molecule is O=C(O)c1ccc(C2(O)CCSC2)cc1. The second-order valence-electron chi connectivity index (χ2n) is 3.72. The van der Waals surface area contributed by atoms with Gasteiger partial charge in [0.05, 0.1) is 11.2 Å². The number of aliphatic hydroxyl groups is 1. The molecule has 0 saturated carbocycles. The molecule has 1 heterocycles. The van der Waals surface area contributed by atoms with Crippen molar-refractivity contribution in [3.63, 3.8) is 0 Å². The third-order valence-corrected chi connectivity index (χ3v) is 3.84. The van der Waals surface area contributed by atoms with Crippen LogP contribution in [0.3, 0.4) is 0 Å². The monoisotopic (exact) mass is 224 g/mol. The van der Waals surface area contributed by atoms with Crippen LogP contribution in [-0.2, 0) is 5.60 Å². The molecule has 0 amide bonds. The average Bonchev–Trinajstić information content (AvgIpc) is 2.67. The molecule has 2 rings (SSSR count). The normalized spacial score (nSPS) is 25.4. The summed E-state index contributed by atoms with van der Waals surface area (Å²) in [5.41, 5.74) is 0.312. The lowest BCUT2D eigenvalue weighted by molar-refractivity contribution is 0.0649. The van der Waals surface area contributed by atoms with Crippen LogP contribution in [0.25, 0.3) is 0 Å². The first-order valence-corrected chi connectivity index (χ1v) is 5.91. The Morgan fingerprint density at radius 2 is 2.00 bits per heavy atom. The van der Waals surface area contributed by atoms with Crippen molar-refractivity contribution in [3.8, 4) is 0 Å². The van der Waals surface area contributed by atoms with Gasteiger partial charge in [-0.15, -0.1) is 0 Å². The summed E-state index contributed by atoms with van der Waals surface area (Å²) in [6, 6.07) is 6.49. The predicted octanol–water partition coefficient (Wildman–Crippen LogP) is 1.71. The van der Waals surface area contributed by atoms with Crippen molar-refractivity contribution in [2.75, 3.05) is 11.5 Å². The van der Waals surface area contributed by atoms with Crippen molar-refractivity contribution >= 4 is 17.7 Å². The van der Waals surface area contributed by atoms with Crippen molar-refractivity contribution in [2.45, 2.75) is 12.0 Å². The molecule has 1 aromatic rings. The number of carboxylic acids is 1. The molecule has 0 aliphatic carbocycles. The number of hydrogen-bond acceptors (Lipinski definition) is 3. The molecule has 4 heteroatoms. The number of rotatable bonds is 2. The van der Waals surface area contributed by atoms with E-state index in [9.17, 15) is 9.90 Å². The second kappa shape index (κ2) is 3.87. The first-order chi connectivity index (χ1) is 7.12. The summed E-state index contributed by atoms with van der Waals surface area (Å²) < 4.78 is 0. The molecule has 1 unspecified atom stereocenters. The Labute approximate surface area is 92.1 Å². The zero-order chi connectivity index (χ0) is 10.9. The Morgan fingerprint density at radius 1 is 1.33 bits per heavy atom. The second-order valence-corrected chi connectivity index (χ2v) is 4.82. The minimum atomic E-state index is -0.936. The van der Waals surface area contributed by atoms with E-state index < -0.39 is 11.6 Å². The number of carbonyl (C=O) groups is 1. The quantitative estimate of drug-likeness (QED) is 0.803. The average molecular weight is 224 g/mol. The summed E-state index contributed by atoms with van der Waals surface area (Å²) in [4.78, 5) is 10.6. The summed E-state index contributed by atoms with van der Waals surface area (Å²) in [6.07, 6.45) is 0.740. The molecule has 0 spiro atoms. The van der Waals surface area contributed by atoms with Gasteiger partial charge in [-0.1, -0.05) is 12.1 Å². The van der Waals surface area contributed by atoms with Gasteiger partial charge in [0.25, 0.3) is 0 Å². The lowest BCUT2D eigenvalue weighted by Gasteiger charge is -2.21. The molecule has 0 aromatic heterocycles. The fourth-order valence-electron chi connectivity index (χ4n) is 1.70. The Kier molecular flexibility index (Phi) is 2.71. The van der Waals surface area contributed by atoms with E-state index in [0.29, 0.717) is 5.75 Å². The molecule has 1 atom stereocenters. The lowest BCUT2D eigenvalue weighted by atomic mass is 9.93. The van der Waals surface area contributed by atoms with Crippen LogP contribution in [0.15, 0.2) is 24.3 Å². The molecule has 3 nitrogen and oxygen atoms in total. The molecule has 1 aromatic carbocycles. The Morgan fingerprint density at radius 3 is 2.47 bits per heavy atom. The highest BCUT2D eigenvalue weighted by atomic mass is 32.2. The molecule has 1 aliphatic heterocycles. The minimum absolute atomic E-state index is 0.257. The lowest BCUT2D eigenvalue weighted by Crippen LogP contribution is -2.24. The highest BCUT2D eigenvalue weighted by Gasteiger charge is 2.33. The summed E-state index contributed by atoms with van der Waals surface area (Å²) in [5, 5.41) is 19.0. The van der Waals surface area contributed by atoms with Gasteiger partial charge in [-0.3, -0.25) is 0 Å². The van der Waals surface area contributed by atoms with Crippen LogP contribution in [0.1, 0.15) is 22.3 Å². The third-order valence-electron chi connectivity index (χ3n) is 2.67. The number of hydrogen-bond donors (Lipinski definition) is 2. The number of benzene rings is 1. The highest BCUT2D eigenvalue weighted by molar-refractivity contribution is 7.99. The van der Waals surface area contributed by atoms with E-state index in [0.717, 1.165) is 17.7 Å². The van der Waals surface area contributed by atoms with Gasteiger partial charge in [-0.25, -0.2) is 4.79 Å². The summed E-state index contributed by atoms with van der Waals surface area (Å²) in [6.45, 7) is 0. The Hall–Kier alpha value is -1.00. The minimum Gasteiger partial charge on any atom is -0.478 e. The van der Waals surface area contributed by atoms with E-state index in [4.69, 9.17) is 5.11 Å². The summed E-state index contributed by atoms with van der Waals surface area (Å²) >= 11 is 1.72. The van der Waals surface area contributed by atoms with Crippen LogP contribution in [0.4, 0.5) is 0 Å². The largest absolute Gasteiger partial charge is 0.478 e. The number of aromatic carboxylic acids is 1. The van der Waals surface area contributed by atoms with Crippen molar-refractivity contribution in [1.82, 2.24) is 0 Å². The molecule has 0 radical (unpaired) electrons. The predicted molar refractivity (Wildman–Crippen MR) is 59.2 cm³/mol. The van der Waals surface area contributed by atoms with Gasteiger partial charge in [0.2, 0.25) is 0 Å². The standard InChI is InChI=1S/C11H12O3S/c12-10(13)8-1-3-9(4-2-8)11(14)5-6-15-7-11/h1-4,14H,5-7H2,(H,12,13). The van der Waals surface area contributed by atoms with Gasteiger partial charge in [0.15, 0.2) is 0 Å². The first-order valence-electron chi connectivity index (χ1n) is 4.76. The topological polar surface area (TPSA) is 57.5 Å². The van der Waals surface area contributed by atoms with Crippen LogP contribution in [-0.4, -0.2) is 27.7 Å². The van der Waals surface area contributed by atoms with Crippen molar-refractivity contribution in [1.29, 1.82) is 0 Å². The summed E-state index contributed by atoms with van der Waals surface area (Å²) in [5.74, 6) is 0.714. The molecule has 80 valence electrons. The Bertz CT molecular complexity index is 366. The number of thioether (sulfide) groups is 1. The number of carboxylic acid groups (broad SMARTS) is 1. The molecular formula is C11H12O3S. The van der Waals surface area contributed by atoms with Gasteiger partial charge in [0.1, 0.15) is 0 Å². The van der Waals surface area contributed by atoms with E-state index in [1.807, 2.05) is 0 Å². The van der Waals surface area contributed by atoms with Gasteiger partial charge >= 0.3 is 5.97 Å². The first kappa shape index (κ1) is 10.5. The highest BCUT2D eigenvalue weighted by Crippen LogP contribution is 2.36. The van der Waals surface area contributed by atoms with Crippen LogP contribution in [0, 0.1) is 0 Å². The van der Waals surface area contributed by atoms with Gasteiger partial charge in [-0.2, -0.15) is 11.8 Å². The zero-order valence-electron chi connectivity index (χ0n) is 8.14. The Balaban J connectivity index is 2.26. The van der Waals surface area contributed by atoms with Gasteiger partial charge < -0.3 is 10.2 Å². The van der Waals surface area contributed by atoms with Crippen LogP contribution in [0.2, 0.25) is 0 Å². The van der Waals surface area contributed by atoms with Crippen molar-refractivity contribution in [2.24, 2.45) is 0 Å². The zero-order valence-corrected chi connectivity index (χ0v) is 8.96. The van der Waals surface area contributed by atoms with Gasteiger partial charge in [-0.05, 0) is 29.9 Å². The molecule has 1 aliphatic rings. The van der Waals surface area contributed by atoms with Crippen LogP contribution >= 0.6 is 11.8 Å². The van der Waals surface area contributed by atoms with Gasteiger partial charge in [0, 0.05) is 5.75 Å². The molecule has 1 saturated heterocycles. The fourth-order valence-corrected chi connectivity index (χ4v) is 2.98. The molecule has 1 fully saturated rings. The van der Waals surface area contributed by atoms with E-state index in [1.165, 1.54) is 0 Å². The van der Waals surface area contributed by atoms with E-state index in [2.05, 4.69) is 0 Å². The maximum absolute atomic E-state index is 10.6. The maximum Gasteiger partial charge on any atom is 0.335 e. The summed E-state index contributed by atoms with van der Waals surface area (Å²) in [7, 11) is 0. The van der Waals surface area contributed by atoms with Crippen molar-refractivity contribution < 1.29 is 15.0 Å². The van der Waals surface area contributed by atoms with Crippen molar-refractivity contribution in [3.05, 3.63) is 35.4 Å². The molecule has 2 N–H and O–H groups in total. The van der Waals surface area contributed by atoms with E-state index in [-0.39, 0.29) is 5.56 Å². The fraction of sp³-hybridized carbons (Fsp3) is 0.364. The molecule has 15 heavy (non-hydrogen) atoms. The van der Waals surface area contributed by atoms with Crippen LogP contribution < -0.4 is 0 Å².